The number of fused-ring (bicyclic) bond motifs is 1. The zero-order valence-electron chi connectivity index (χ0n) is 12.1. The number of hydrogen-bond acceptors (Lipinski definition) is 3. The summed E-state index contributed by atoms with van der Waals surface area (Å²) in [5, 5.41) is 11.1. The predicted molar refractivity (Wildman–Crippen MR) is 76.4 cm³/mol. The van der Waals surface area contributed by atoms with Crippen molar-refractivity contribution in [2.45, 2.75) is 45.6 Å². The van der Waals surface area contributed by atoms with Gasteiger partial charge in [0.1, 0.15) is 0 Å². The maximum atomic E-state index is 12.3. The van der Waals surface area contributed by atoms with Crippen LogP contribution in [0.5, 0.6) is 0 Å². The summed E-state index contributed by atoms with van der Waals surface area (Å²) in [6.45, 7) is 4.42. The zero-order chi connectivity index (χ0) is 13.9. The number of urea groups is 1. The molecular formula is C14H23N5O. The van der Waals surface area contributed by atoms with Gasteiger partial charge < -0.3 is 4.90 Å². The number of likely N-dealkylation sites (tertiary alicyclic amines) is 1. The molecule has 3 rings (SSSR count). The minimum absolute atomic E-state index is 0.0341. The van der Waals surface area contributed by atoms with Crippen LogP contribution in [0.3, 0.4) is 0 Å². The van der Waals surface area contributed by atoms with Crippen molar-refractivity contribution in [2.75, 3.05) is 18.4 Å². The van der Waals surface area contributed by atoms with Crippen molar-refractivity contribution in [3.63, 3.8) is 0 Å². The number of nitrogens with zero attached hydrogens (tertiary/aromatic N) is 4. The van der Waals surface area contributed by atoms with Crippen LogP contribution < -0.4 is 5.32 Å². The van der Waals surface area contributed by atoms with Crippen LogP contribution in [0.2, 0.25) is 0 Å². The average molecular weight is 277 g/mol. The van der Waals surface area contributed by atoms with E-state index in [-0.39, 0.29) is 6.03 Å². The monoisotopic (exact) mass is 277 g/mol. The van der Waals surface area contributed by atoms with E-state index in [1.54, 1.807) is 11.0 Å². The molecule has 2 fully saturated rings. The van der Waals surface area contributed by atoms with Crippen LogP contribution in [0.25, 0.3) is 0 Å². The van der Waals surface area contributed by atoms with Gasteiger partial charge in [0, 0.05) is 13.1 Å². The summed E-state index contributed by atoms with van der Waals surface area (Å²) < 4.78 is 0. The number of anilines is 1. The van der Waals surface area contributed by atoms with Crippen LogP contribution >= 0.6 is 0 Å². The van der Waals surface area contributed by atoms with E-state index < -0.39 is 0 Å². The van der Waals surface area contributed by atoms with E-state index in [1.165, 1.54) is 19.3 Å². The molecule has 2 atom stereocenters. The number of amides is 2. The number of aromatic nitrogens is 3. The first-order valence-electron chi connectivity index (χ1n) is 7.72. The molecule has 1 N–H and O–H groups in total. The number of carbonyl (C=O) groups is 1. The van der Waals surface area contributed by atoms with Crippen LogP contribution in [-0.2, 0) is 6.54 Å². The molecule has 2 amide bonds. The van der Waals surface area contributed by atoms with E-state index in [0.29, 0.717) is 12.4 Å². The number of rotatable bonds is 2. The lowest BCUT2D eigenvalue weighted by Crippen LogP contribution is -2.36. The molecule has 0 radical (unpaired) electrons. The minimum atomic E-state index is -0.0341. The van der Waals surface area contributed by atoms with Gasteiger partial charge in [-0.3, -0.25) is 5.32 Å². The Hall–Kier alpha value is -1.59. The Morgan fingerprint density at radius 2 is 2.00 bits per heavy atom. The van der Waals surface area contributed by atoms with E-state index in [4.69, 9.17) is 0 Å². The lowest BCUT2D eigenvalue weighted by molar-refractivity contribution is 0.212. The molecule has 1 aromatic heterocycles. The zero-order valence-corrected chi connectivity index (χ0v) is 12.1. The van der Waals surface area contributed by atoms with E-state index in [0.717, 1.165) is 37.8 Å². The Morgan fingerprint density at radius 3 is 2.60 bits per heavy atom. The molecule has 110 valence electrons. The normalized spacial score (nSPS) is 26.1. The summed E-state index contributed by atoms with van der Waals surface area (Å²) in [5.74, 6) is 2.23. The maximum absolute atomic E-state index is 12.3. The molecule has 0 bridgehead atoms. The van der Waals surface area contributed by atoms with E-state index in [2.05, 4.69) is 15.5 Å². The SMILES string of the molecule is CCn1ncc(NC(=O)N2CCC3CCCC3CC2)n1. The fourth-order valence-electron chi connectivity index (χ4n) is 3.53. The number of carbonyl (C=O) groups excluding carboxylic acids is 1. The third-order valence-corrected chi connectivity index (χ3v) is 4.70. The van der Waals surface area contributed by atoms with Crippen LogP contribution in [0, 0.1) is 11.8 Å². The van der Waals surface area contributed by atoms with Gasteiger partial charge in [-0.2, -0.15) is 9.90 Å². The van der Waals surface area contributed by atoms with Crippen LogP contribution in [0.4, 0.5) is 10.6 Å². The summed E-state index contributed by atoms with van der Waals surface area (Å²) in [6.07, 6.45) is 7.99. The highest BCUT2D eigenvalue weighted by Gasteiger charge is 2.31. The van der Waals surface area contributed by atoms with Crippen molar-refractivity contribution in [1.82, 2.24) is 19.9 Å². The largest absolute Gasteiger partial charge is 0.324 e. The topological polar surface area (TPSA) is 63.1 Å². The average Bonchev–Trinajstić information content (AvgIpc) is 3.04. The molecule has 1 saturated carbocycles. The van der Waals surface area contributed by atoms with Crippen molar-refractivity contribution in [3.05, 3.63) is 6.20 Å². The third-order valence-electron chi connectivity index (χ3n) is 4.70. The van der Waals surface area contributed by atoms with Crippen molar-refractivity contribution < 1.29 is 4.79 Å². The molecule has 2 unspecified atom stereocenters. The molecular weight excluding hydrogens is 254 g/mol. The van der Waals surface area contributed by atoms with Gasteiger partial charge in [0.2, 0.25) is 0 Å². The van der Waals surface area contributed by atoms with Gasteiger partial charge in [0.25, 0.3) is 0 Å². The molecule has 6 heteroatoms. The summed E-state index contributed by atoms with van der Waals surface area (Å²) in [7, 11) is 0. The Labute approximate surface area is 119 Å². The molecule has 20 heavy (non-hydrogen) atoms. The highest BCUT2D eigenvalue weighted by atomic mass is 16.2. The molecule has 6 nitrogen and oxygen atoms in total. The first-order chi connectivity index (χ1) is 9.76. The smallest absolute Gasteiger partial charge is 0.323 e. The van der Waals surface area contributed by atoms with Crippen molar-refractivity contribution in [3.8, 4) is 0 Å². The second kappa shape index (κ2) is 5.81. The van der Waals surface area contributed by atoms with Gasteiger partial charge in [-0.05, 0) is 31.6 Å². The molecule has 1 aromatic rings. The molecule has 1 aliphatic carbocycles. The van der Waals surface area contributed by atoms with Crippen molar-refractivity contribution in [2.24, 2.45) is 11.8 Å². The van der Waals surface area contributed by atoms with Crippen molar-refractivity contribution in [1.29, 1.82) is 0 Å². The van der Waals surface area contributed by atoms with E-state index in [9.17, 15) is 4.79 Å². The maximum Gasteiger partial charge on any atom is 0.323 e. The van der Waals surface area contributed by atoms with Gasteiger partial charge in [0.15, 0.2) is 5.82 Å². The Balaban J connectivity index is 1.57. The number of hydrogen-bond donors (Lipinski definition) is 1. The highest BCUT2D eigenvalue weighted by molar-refractivity contribution is 5.88. The minimum Gasteiger partial charge on any atom is -0.324 e. The van der Waals surface area contributed by atoms with Gasteiger partial charge in [-0.15, -0.1) is 5.10 Å². The Morgan fingerprint density at radius 1 is 1.30 bits per heavy atom. The lowest BCUT2D eigenvalue weighted by Gasteiger charge is -2.20. The van der Waals surface area contributed by atoms with Crippen LogP contribution in [0.15, 0.2) is 6.20 Å². The first kappa shape index (κ1) is 13.4. The second-order valence-electron chi connectivity index (χ2n) is 5.86. The number of nitrogens with one attached hydrogen (secondary N) is 1. The van der Waals surface area contributed by atoms with E-state index >= 15 is 0 Å². The number of aryl methyl sites for hydroxylation is 1. The van der Waals surface area contributed by atoms with Crippen LogP contribution in [-0.4, -0.2) is 39.0 Å². The summed E-state index contributed by atoms with van der Waals surface area (Å²) >= 11 is 0. The third kappa shape index (κ3) is 2.78. The van der Waals surface area contributed by atoms with Gasteiger partial charge >= 0.3 is 6.03 Å². The Kier molecular flexibility index (Phi) is 3.89. The molecule has 2 heterocycles. The summed E-state index contributed by atoms with van der Waals surface area (Å²) in [5.41, 5.74) is 0. The van der Waals surface area contributed by atoms with E-state index in [1.807, 2.05) is 11.8 Å². The molecule has 2 aliphatic rings. The molecule has 1 saturated heterocycles. The fourth-order valence-corrected chi connectivity index (χ4v) is 3.53. The van der Waals surface area contributed by atoms with Gasteiger partial charge in [-0.25, -0.2) is 4.79 Å². The quantitative estimate of drug-likeness (QED) is 0.902. The van der Waals surface area contributed by atoms with Gasteiger partial charge in [-0.1, -0.05) is 19.3 Å². The standard InChI is InChI=1S/C14H23N5O/c1-2-19-15-10-13(17-19)16-14(20)18-8-6-11-4-3-5-12(11)7-9-18/h10-12H,2-9H2,1H3,(H,16,17,20). The first-order valence-corrected chi connectivity index (χ1v) is 7.72. The summed E-state index contributed by atoms with van der Waals surface area (Å²) in [4.78, 5) is 15.8. The summed E-state index contributed by atoms with van der Waals surface area (Å²) in [6, 6.07) is -0.0341. The second-order valence-corrected chi connectivity index (χ2v) is 5.86. The molecule has 1 aliphatic heterocycles. The lowest BCUT2D eigenvalue weighted by atomic mass is 9.92. The van der Waals surface area contributed by atoms with Gasteiger partial charge in [0.05, 0.1) is 12.7 Å². The Bertz CT molecular complexity index is 458. The highest BCUT2D eigenvalue weighted by Crippen LogP contribution is 2.38. The van der Waals surface area contributed by atoms with Crippen LogP contribution in [0.1, 0.15) is 39.0 Å². The fraction of sp³-hybridized carbons (Fsp3) is 0.786. The molecule has 0 spiro atoms. The molecule has 0 aromatic carbocycles. The predicted octanol–water partition coefficient (Wildman–Crippen LogP) is 2.34. The van der Waals surface area contributed by atoms with Crippen molar-refractivity contribution >= 4 is 11.8 Å².